The SMILES string of the molecule is CCCCCCCCC=CC=CC=CC=CC=CC=CN. The van der Waals surface area contributed by atoms with Gasteiger partial charge in [-0.25, -0.2) is 0 Å². The first-order valence-corrected chi connectivity index (χ1v) is 8.12. The molecule has 2 N–H and O–H groups in total. The molecule has 0 saturated carbocycles. The van der Waals surface area contributed by atoms with E-state index in [0.29, 0.717) is 0 Å². The Morgan fingerprint density at radius 3 is 1.62 bits per heavy atom. The van der Waals surface area contributed by atoms with E-state index in [-0.39, 0.29) is 0 Å². The van der Waals surface area contributed by atoms with Crippen molar-refractivity contribution in [1.82, 2.24) is 0 Å². The Hall–Kier alpha value is -1.76. The van der Waals surface area contributed by atoms with Crippen LogP contribution in [0.4, 0.5) is 0 Å². The smallest absolute Gasteiger partial charge is 0.00624 e. The lowest BCUT2D eigenvalue weighted by Gasteiger charge is -1.97. The molecule has 0 amide bonds. The molecule has 0 unspecified atom stereocenters. The molecule has 0 fully saturated rings. The van der Waals surface area contributed by atoms with Gasteiger partial charge in [-0.3, -0.25) is 0 Å². The molecule has 21 heavy (non-hydrogen) atoms. The van der Waals surface area contributed by atoms with Crippen LogP contribution in [-0.4, -0.2) is 0 Å². The van der Waals surface area contributed by atoms with E-state index in [1.165, 1.54) is 51.1 Å². The molecule has 0 aromatic carbocycles. The molecule has 0 rings (SSSR count). The molecule has 0 spiro atoms. The molecule has 0 radical (unpaired) electrons. The number of unbranched alkanes of at least 4 members (excludes halogenated alkanes) is 6. The fourth-order valence-corrected chi connectivity index (χ4v) is 1.79. The summed E-state index contributed by atoms with van der Waals surface area (Å²) in [7, 11) is 0. The van der Waals surface area contributed by atoms with Crippen LogP contribution < -0.4 is 5.73 Å². The van der Waals surface area contributed by atoms with Gasteiger partial charge in [-0.1, -0.05) is 99.8 Å². The highest BCUT2D eigenvalue weighted by Gasteiger charge is 1.87. The van der Waals surface area contributed by atoms with Crippen molar-refractivity contribution in [3.05, 3.63) is 73.0 Å². The quantitative estimate of drug-likeness (QED) is 0.346. The van der Waals surface area contributed by atoms with Crippen molar-refractivity contribution in [2.75, 3.05) is 0 Å². The average molecular weight is 285 g/mol. The molecule has 0 heterocycles. The van der Waals surface area contributed by atoms with Crippen LogP contribution in [-0.2, 0) is 0 Å². The molecule has 0 aromatic heterocycles. The largest absolute Gasteiger partial charge is 0.405 e. The number of rotatable bonds is 12. The van der Waals surface area contributed by atoms with Crippen LogP contribution in [0.1, 0.15) is 51.9 Å². The molecule has 0 aliphatic rings. The normalized spacial score (nSPS) is 13.4. The first-order valence-electron chi connectivity index (χ1n) is 8.12. The highest BCUT2D eigenvalue weighted by atomic mass is 14.5. The Labute approximate surface area is 131 Å². The van der Waals surface area contributed by atoms with Crippen LogP contribution in [0.25, 0.3) is 0 Å². The van der Waals surface area contributed by atoms with Crippen molar-refractivity contribution in [2.45, 2.75) is 51.9 Å². The fourth-order valence-electron chi connectivity index (χ4n) is 1.79. The van der Waals surface area contributed by atoms with E-state index in [2.05, 4.69) is 25.2 Å². The van der Waals surface area contributed by atoms with Gasteiger partial charge in [-0.15, -0.1) is 0 Å². The van der Waals surface area contributed by atoms with Crippen LogP contribution in [0, 0.1) is 0 Å². The topological polar surface area (TPSA) is 26.0 Å². The van der Waals surface area contributed by atoms with Gasteiger partial charge in [0.2, 0.25) is 0 Å². The molecule has 0 saturated heterocycles. The first kappa shape index (κ1) is 19.2. The Kier molecular flexibility index (Phi) is 16.7. The minimum atomic E-state index is 1.19. The minimum Gasteiger partial charge on any atom is -0.405 e. The molecule has 0 bridgehead atoms. The van der Waals surface area contributed by atoms with Crippen LogP contribution in [0.15, 0.2) is 73.0 Å². The molecule has 0 aromatic rings. The molecule has 0 atom stereocenters. The van der Waals surface area contributed by atoms with E-state index < -0.39 is 0 Å². The van der Waals surface area contributed by atoms with E-state index in [1.807, 2.05) is 42.5 Å². The van der Waals surface area contributed by atoms with Crippen molar-refractivity contribution in [1.29, 1.82) is 0 Å². The van der Waals surface area contributed by atoms with Crippen molar-refractivity contribution in [3.63, 3.8) is 0 Å². The summed E-state index contributed by atoms with van der Waals surface area (Å²) in [6, 6.07) is 0. The monoisotopic (exact) mass is 285 g/mol. The summed E-state index contributed by atoms with van der Waals surface area (Å²) in [5.41, 5.74) is 5.21. The van der Waals surface area contributed by atoms with Gasteiger partial charge >= 0.3 is 0 Å². The van der Waals surface area contributed by atoms with Gasteiger partial charge in [-0.2, -0.15) is 0 Å². The number of hydrogen-bond donors (Lipinski definition) is 1. The lowest BCUT2D eigenvalue weighted by atomic mass is 10.1. The Bertz CT molecular complexity index is 367. The molecular formula is C20H31N. The van der Waals surface area contributed by atoms with Crippen molar-refractivity contribution in [3.8, 4) is 0 Å². The Morgan fingerprint density at radius 2 is 1.05 bits per heavy atom. The number of hydrogen-bond acceptors (Lipinski definition) is 1. The minimum absolute atomic E-state index is 1.19. The predicted octanol–water partition coefficient (Wildman–Crippen LogP) is 5.99. The summed E-state index contributed by atoms with van der Waals surface area (Å²) < 4.78 is 0. The van der Waals surface area contributed by atoms with E-state index in [4.69, 9.17) is 5.73 Å². The third kappa shape index (κ3) is 18.2. The second-order valence-electron chi connectivity index (χ2n) is 4.91. The molecule has 0 aliphatic carbocycles. The van der Waals surface area contributed by atoms with Crippen molar-refractivity contribution in [2.24, 2.45) is 5.73 Å². The summed E-state index contributed by atoms with van der Waals surface area (Å²) in [6.07, 6.45) is 33.0. The van der Waals surface area contributed by atoms with Crippen LogP contribution >= 0.6 is 0 Å². The van der Waals surface area contributed by atoms with E-state index in [1.54, 1.807) is 6.08 Å². The Morgan fingerprint density at radius 1 is 0.571 bits per heavy atom. The van der Waals surface area contributed by atoms with Crippen LogP contribution in [0.2, 0.25) is 0 Å². The number of nitrogens with two attached hydrogens (primary N) is 1. The summed E-state index contributed by atoms with van der Waals surface area (Å²) >= 11 is 0. The average Bonchev–Trinajstić information content (AvgIpc) is 2.50. The second-order valence-corrected chi connectivity index (χ2v) is 4.91. The summed E-state index contributed by atoms with van der Waals surface area (Å²) in [5, 5.41) is 0. The summed E-state index contributed by atoms with van der Waals surface area (Å²) in [5.74, 6) is 0. The highest BCUT2D eigenvalue weighted by Crippen LogP contribution is 2.07. The van der Waals surface area contributed by atoms with Crippen LogP contribution in [0.3, 0.4) is 0 Å². The third-order valence-electron chi connectivity index (χ3n) is 2.97. The standard InChI is InChI=1S/C20H31N/c1-2-3-4-5-6-7-8-9-10-11-12-13-14-15-16-17-18-19-20-21/h9-20H,2-8,21H2,1H3. The molecular weight excluding hydrogens is 254 g/mol. The lowest BCUT2D eigenvalue weighted by molar-refractivity contribution is 0.611. The maximum Gasteiger partial charge on any atom is -0.00624 e. The van der Waals surface area contributed by atoms with Crippen LogP contribution in [0.5, 0.6) is 0 Å². The maximum atomic E-state index is 5.21. The molecule has 116 valence electrons. The maximum absolute atomic E-state index is 5.21. The van der Waals surface area contributed by atoms with Crippen molar-refractivity contribution >= 4 is 0 Å². The zero-order valence-corrected chi connectivity index (χ0v) is 13.5. The second kappa shape index (κ2) is 18.2. The van der Waals surface area contributed by atoms with E-state index in [9.17, 15) is 0 Å². The molecule has 1 heteroatoms. The van der Waals surface area contributed by atoms with Gasteiger partial charge < -0.3 is 5.73 Å². The van der Waals surface area contributed by atoms with Gasteiger partial charge in [0, 0.05) is 0 Å². The number of allylic oxidation sites excluding steroid dienone is 11. The fraction of sp³-hybridized carbons (Fsp3) is 0.400. The molecule has 0 aliphatic heterocycles. The lowest BCUT2D eigenvalue weighted by Crippen LogP contribution is -1.77. The predicted molar refractivity (Wildman–Crippen MR) is 97.0 cm³/mol. The van der Waals surface area contributed by atoms with Gasteiger partial charge in [0.05, 0.1) is 0 Å². The van der Waals surface area contributed by atoms with Gasteiger partial charge in [0.25, 0.3) is 0 Å². The summed E-state index contributed by atoms with van der Waals surface area (Å²) in [6.45, 7) is 2.26. The zero-order valence-electron chi connectivity index (χ0n) is 13.5. The third-order valence-corrected chi connectivity index (χ3v) is 2.97. The summed E-state index contributed by atoms with van der Waals surface area (Å²) in [4.78, 5) is 0. The zero-order chi connectivity index (χ0) is 15.4. The highest BCUT2D eigenvalue weighted by molar-refractivity contribution is 5.19. The first-order chi connectivity index (χ1) is 10.4. The van der Waals surface area contributed by atoms with Gasteiger partial charge in [0.1, 0.15) is 0 Å². The Balaban J connectivity index is 3.51. The van der Waals surface area contributed by atoms with E-state index in [0.717, 1.165) is 0 Å². The van der Waals surface area contributed by atoms with Gasteiger partial charge in [0.15, 0.2) is 0 Å². The molecule has 1 nitrogen and oxygen atoms in total. The van der Waals surface area contributed by atoms with E-state index >= 15 is 0 Å². The van der Waals surface area contributed by atoms with Gasteiger partial charge in [-0.05, 0) is 25.1 Å². The van der Waals surface area contributed by atoms with Crippen molar-refractivity contribution < 1.29 is 0 Å².